The molecule has 2 aliphatic rings. The smallest absolute Gasteiger partial charge is 0.225 e. The van der Waals surface area contributed by atoms with Gasteiger partial charge in [-0.1, -0.05) is 12.1 Å². The van der Waals surface area contributed by atoms with Crippen LogP contribution in [0.5, 0.6) is 0 Å². The highest BCUT2D eigenvalue weighted by molar-refractivity contribution is 7.08. The first-order chi connectivity index (χ1) is 9.33. The van der Waals surface area contributed by atoms with Crippen LogP contribution in [0, 0.1) is 0 Å². The van der Waals surface area contributed by atoms with Gasteiger partial charge in [-0.15, -0.1) is 0 Å². The predicted octanol–water partition coefficient (Wildman–Crippen LogP) is 3.71. The first-order valence-corrected chi connectivity index (χ1v) is 7.74. The Kier molecular flexibility index (Phi) is 2.49. The van der Waals surface area contributed by atoms with Gasteiger partial charge < -0.3 is 5.32 Å². The van der Waals surface area contributed by atoms with Gasteiger partial charge in [0.1, 0.15) is 0 Å². The van der Waals surface area contributed by atoms with Crippen LogP contribution >= 0.6 is 11.3 Å². The van der Waals surface area contributed by atoms with Crippen LogP contribution in [0.2, 0.25) is 0 Å². The van der Waals surface area contributed by atoms with Crippen molar-refractivity contribution in [1.29, 1.82) is 0 Å². The molecule has 2 nitrogen and oxygen atoms in total. The van der Waals surface area contributed by atoms with Crippen molar-refractivity contribution >= 4 is 22.9 Å². The lowest BCUT2D eigenvalue weighted by atomic mass is 9.84. The third kappa shape index (κ3) is 1.72. The van der Waals surface area contributed by atoms with Gasteiger partial charge in [0.25, 0.3) is 0 Å². The van der Waals surface area contributed by atoms with Crippen LogP contribution in [0.25, 0.3) is 0 Å². The second kappa shape index (κ2) is 4.20. The molecular weight excluding hydrogens is 254 g/mol. The highest BCUT2D eigenvalue weighted by Gasteiger charge is 2.30. The Labute approximate surface area is 116 Å². The third-order valence-corrected chi connectivity index (χ3v) is 4.99. The second-order valence-corrected chi connectivity index (χ2v) is 6.16. The average Bonchev–Trinajstić information content (AvgIpc) is 3.09. The highest BCUT2D eigenvalue weighted by Crippen LogP contribution is 2.42. The standard InChI is InChI=1S/C16H15NOS/c18-15-8-14(11-6-7-19-9-11)13-5-4-10-2-1-3-12(10)16(13)17-15/h4-7,9,14H,1-3,8H2,(H,17,18). The molecule has 1 aliphatic heterocycles. The summed E-state index contributed by atoms with van der Waals surface area (Å²) in [6, 6.07) is 6.63. The van der Waals surface area contributed by atoms with Crippen LogP contribution in [-0.4, -0.2) is 5.91 Å². The van der Waals surface area contributed by atoms with Gasteiger partial charge in [0.15, 0.2) is 0 Å². The topological polar surface area (TPSA) is 29.1 Å². The van der Waals surface area contributed by atoms with Crippen LogP contribution in [0.15, 0.2) is 29.0 Å². The molecule has 0 saturated heterocycles. The lowest BCUT2D eigenvalue weighted by Gasteiger charge is -2.27. The Morgan fingerprint density at radius 2 is 2.16 bits per heavy atom. The number of aryl methyl sites for hydroxylation is 1. The first-order valence-electron chi connectivity index (χ1n) is 6.79. The Bertz CT molecular complexity index is 645. The second-order valence-electron chi connectivity index (χ2n) is 5.38. The van der Waals surface area contributed by atoms with Crippen LogP contribution in [0.1, 0.15) is 41.0 Å². The molecule has 1 aliphatic carbocycles. The summed E-state index contributed by atoms with van der Waals surface area (Å²) in [5.41, 5.74) is 6.50. The van der Waals surface area contributed by atoms with Crippen LogP contribution in [0.3, 0.4) is 0 Å². The number of fused-ring (bicyclic) bond motifs is 3. The van der Waals surface area contributed by atoms with E-state index in [2.05, 4.69) is 34.3 Å². The summed E-state index contributed by atoms with van der Waals surface area (Å²) in [5.74, 6) is 0.393. The van der Waals surface area contributed by atoms with E-state index >= 15 is 0 Å². The van der Waals surface area contributed by atoms with Crippen molar-refractivity contribution in [3.8, 4) is 0 Å². The van der Waals surface area contributed by atoms with Crippen molar-refractivity contribution in [1.82, 2.24) is 0 Å². The van der Waals surface area contributed by atoms with E-state index in [1.54, 1.807) is 11.3 Å². The highest BCUT2D eigenvalue weighted by atomic mass is 32.1. The Balaban J connectivity index is 1.89. The first kappa shape index (κ1) is 11.2. The zero-order valence-electron chi connectivity index (χ0n) is 10.6. The minimum absolute atomic E-state index is 0.156. The van der Waals surface area contributed by atoms with Gasteiger partial charge in [-0.2, -0.15) is 11.3 Å². The molecule has 1 atom stereocenters. The maximum atomic E-state index is 12.0. The van der Waals surface area contributed by atoms with E-state index in [0.29, 0.717) is 6.42 Å². The maximum Gasteiger partial charge on any atom is 0.225 e. The van der Waals surface area contributed by atoms with Crippen LogP contribution in [-0.2, 0) is 17.6 Å². The number of carbonyl (C=O) groups is 1. The number of anilines is 1. The largest absolute Gasteiger partial charge is 0.326 e. The van der Waals surface area contributed by atoms with Crippen molar-refractivity contribution in [3.63, 3.8) is 0 Å². The normalized spacial score (nSPS) is 20.8. The molecule has 1 unspecified atom stereocenters. The number of carbonyl (C=O) groups excluding carboxylic acids is 1. The van der Waals surface area contributed by atoms with E-state index < -0.39 is 0 Å². The summed E-state index contributed by atoms with van der Waals surface area (Å²) < 4.78 is 0. The fraction of sp³-hybridized carbons (Fsp3) is 0.312. The van der Waals surface area contributed by atoms with Crippen LogP contribution < -0.4 is 5.32 Å². The average molecular weight is 269 g/mol. The molecule has 0 bridgehead atoms. The summed E-state index contributed by atoms with van der Waals surface area (Å²) in [4.78, 5) is 12.0. The quantitative estimate of drug-likeness (QED) is 0.840. The SMILES string of the molecule is O=C1CC(c2ccsc2)c2ccc3c(c2N1)CCC3. The number of hydrogen-bond donors (Lipinski definition) is 1. The van der Waals surface area contributed by atoms with Crippen molar-refractivity contribution in [2.45, 2.75) is 31.6 Å². The number of hydrogen-bond acceptors (Lipinski definition) is 2. The summed E-state index contributed by atoms with van der Waals surface area (Å²) in [6.07, 6.45) is 4.05. The molecule has 1 aromatic heterocycles. The number of benzene rings is 1. The van der Waals surface area contributed by atoms with Crippen molar-refractivity contribution < 1.29 is 4.79 Å². The number of thiophene rings is 1. The zero-order valence-corrected chi connectivity index (χ0v) is 11.4. The molecule has 0 saturated carbocycles. The maximum absolute atomic E-state index is 12.0. The molecule has 1 aromatic carbocycles. The van der Waals surface area contributed by atoms with E-state index in [0.717, 1.165) is 18.5 Å². The lowest BCUT2D eigenvalue weighted by molar-refractivity contribution is -0.116. The molecule has 96 valence electrons. The fourth-order valence-electron chi connectivity index (χ4n) is 3.38. The van der Waals surface area contributed by atoms with E-state index in [9.17, 15) is 4.79 Å². The van der Waals surface area contributed by atoms with Crippen molar-refractivity contribution in [2.24, 2.45) is 0 Å². The number of nitrogens with one attached hydrogen (secondary N) is 1. The van der Waals surface area contributed by atoms with E-state index in [4.69, 9.17) is 0 Å². The lowest BCUT2D eigenvalue weighted by Crippen LogP contribution is -2.24. The summed E-state index contributed by atoms with van der Waals surface area (Å²) in [6.45, 7) is 0. The van der Waals surface area contributed by atoms with Gasteiger partial charge in [0.2, 0.25) is 5.91 Å². The van der Waals surface area contributed by atoms with E-state index in [1.165, 1.54) is 28.7 Å². The molecule has 3 heteroatoms. The minimum Gasteiger partial charge on any atom is -0.326 e. The van der Waals surface area contributed by atoms with Gasteiger partial charge in [0, 0.05) is 18.0 Å². The summed E-state index contributed by atoms with van der Waals surface area (Å²) >= 11 is 1.70. The van der Waals surface area contributed by atoms with Gasteiger partial charge in [0.05, 0.1) is 0 Å². The van der Waals surface area contributed by atoms with Gasteiger partial charge in [-0.25, -0.2) is 0 Å². The molecule has 4 rings (SSSR count). The molecule has 1 N–H and O–H groups in total. The molecule has 2 aromatic rings. The molecule has 0 fully saturated rings. The Hall–Kier alpha value is -1.61. The van der Waals surface area contributed by atoms with E-state index in [-0.39, 0.29) is 11.8 Å². The fourth-order valence-corrected chi connectivity index (χ4v) is 4.09. The predicted molar refractivity (Wildman–Crippen MR) is 77.9 cm³/mol. The minimum atomic E-state index is 0.156. The van der Waals surface area contributed by atoms with E-state index in [1.807, 2.05) is 0 Å². The number of rotatable bonds is 1. The Morgan fingerprint density at radius 3 is 3.00 bits per heavy atom. The summed E-state index contributed by atoms with van der Waals surface area (Å²) in [7, 11) is 0. The molecule has 2 heterocycles. The summed E-state index contributed by atoms with van der Waals surface area (Å²) in [5, 5.41) is 7.38. The van der Waals surface area contributed by atoms with Gasteiger partial charge in [-0.05, 0) is 58.3 Å². The molecular formula is C16H15NOS. The molecule has 19 heavy (non-hydrogen) atoms. The molecule has 0 spiro atoms. The molecule has 0 radical (unpaired) electrons. The van der Waals surface area contributed by atoms with Gasteiger partial charge in [-0.3, -0.25) is 4.79 Å². The van der Waals surface area contributed by atoms with Crippen molar-refractivity contribution in [2.75, 3.05) is 5.32 Å². The van der Waals surface area contributed by atoms with Crippen molar-refractivity contribution in [3.05, 3.63) is 51.2 Å². The van der Waals surface area contributed by atoms with Crippen LogP contribution in [0.4, 0.5) is 5.69 Å². The third-order valence-electron chi connectivity index (χ3n) is 4.29. The Morgan fingerprint density at radius 1 is 1.21 bits per heavy atom. The van der Waals surface area contributed by atoms with Gasteiger partial charge >= 0.3 is 0 Å². The molecule has 1 amide bonds. The number of amides is 1. The zero-order chi connectivity index (χ0) is 12.8. The monoisotopic (exact) mass is 269 g/mol.